The van der Waals surface area contributed by atoms with Crippen LogP contribution in [0, 0.1) is 19.7 Å². The van der Waals surface area contributed by atoms with E-state index in [0.717, 1.165) is 200 Å². The number of phenolic OH excluding ortho intramolecular Hbond substituents is 6. The van der Waals surface area contributed by atoms with Crippen LogP contribution in [0.4, 0.5) is 4.39 Å². The van der Waals surface area contributed by atoms with E-state index in [4.69, 9.17) is 27.8 Å². The molecule has 12 aromatic carbocycles. The molecule has 1 aliphatic carbocycles. The Morgan fingerprint density at radius 3 is 1.27 bits per heavy atom. The number of nitrogens with zero attached hydrogens (tertiary/aromatic N) is 8. The van der Waals surface area contributed by atoms with Crippen molar-refractivity contribution in [3.8, 4) is 122 Å². The maximum atomic E-state index is 13.7. The van der Waals surface area contributed by atoms with Crippen molar-refractivity contribution in [3.05, 3.63) is 360 Å². The summed E-state index contributed by atoms with van der Waals surface area (Å²) in [5.41, 5.74) is 12.1. The monoisotopic (exact) mass is 1890 g/mol. The number of ether oxygens (including phenoxy) is 4. The Morgan fingerprint density at radius 2 is 0.832 bits per heavy atom. The molecule has 8 aromatic heterocycles. The summed E-state index contributed by atoms with van der Waals surface area (Å²) in [4.78, 5) is 12.5. The van der Waals surface area contributed by atoms with Gasteiger partial charge in [0.05, 0.1) is 49.7 Å². The molecule has 0 radical (unpaired) electrons. The van der Waals surface area contributed by atoms with Gasteiger partial charge in [-0.2, -0.15) is 0 Å². The molecule has 684 valence electrons. The fourth-order valence-corrected chi connectivity index (χ4v) is 20.2. The first kappa shape index (κ1) is 91.6. The lowest BCUT2D eigenvalue weighted by Crippen LogP contribution is -1.96. The van der Waals surface area contributed by atoms with Crippen molar-refractivity contribution in [1.29, 1.82) is 0 Å². The van der Waals surface area contributed by atoms with Crippen LogP contribution in [0.15, 0.2) is 295 Å². The number of rotatable bonds is 26. The number of phenols is 6. The minimum Gasteiger partial charge on any atom is -0.508 e. The number of aromatic hydroxyl groups is 6. The minimum atomic E-state index is -0.277. The summed E-state index contributed by atoms with van der Waals surface area (Å²) in [6.07, 6.45) is 27.6. The number of imidazole rings is 2. The van der Waals surface area contributed by atoms with Crippen LogP contribution >= 0.6 is 45.3 Å². The molecule has 137 heavy (non-hydrogen) atoms. The fourth-order valence-electron chi connectivity index (χ4n) is 15.4. The Hall–Kier alpha value is -15.9. The number of benzene rings is 12. The number of hydrogen-bond acceptors (Lipinski definition) is 22. The molecule has 21 rings (SSSR count). The van der Waals surface area contributed by atoms with Crippen LogP contribution in [0.1, 0.15) is 134 Å². The van der Waals surface area contributed by atoms with E-state index >= 15 is 0 Å². The number of halogens is 1. The van der Waals surface area contributed by atoms with Gasteiger partial charge in [0.15, 0.2) is 23.0 Å². The zero-order valence-corrected chi connectivity index (χ0v) is 78.6. The van der Waals surface area contributed by atoms with Crippen LogP contribution in [0.3, 0.4) is 0 Å². The first-order chi connectivity index (χ1) is 66.7. The third-order valence-electron chi connectivity index (χ3n) is 22.4. The summed E-state index contributed by atoms with van der Waals surface area (Å²) in [5.74, 6) is 9.85. The number of fused-ring (bicyclic) bond motifs is 4. The van der Waals surface area contributed by atoms with Crippen LogP contribution in [0.25, 0.3) is 131 Å². The molecule has 1 aliphatic rings. The highest BCUT2D eigenvalue weighted by atomic mass is 32.1. The molecular weight excluding hydrogens is 1800 g/mol. The second-order valence-electron chi connectivity index (χ2n) is 33.0. The average Bonchev–Trinajstić information content (AvgIpc) is 1.64. The Balaban J connectivity index is 0.000000121. The minimum absolute atomic E-state index is 0.189. The van der Waals surface area contributed by atoms with E-state index in [9.17, 15) is 35.0 Å². The molecular formula is C112H93FN8O12S4. The lowest BCUT2D eigenvalue weighted by Gasteiger charge is -2.14. The van der Waals surface area contributed by atoms with Crippen molar-refractivity contribution in [2.75, 3.05) is 0 Å². The van der Waals surface area contributed by atoms with Crippen molar-refractivity contribution in [1.82, 2.24) is 39.5 Å². The number of thiophene rings is 4. The van der Waals surface area contributed by atoms with E-state index in [0.29, 0.717) is 41.0 Å². The molecule has 0 unspecified atom stereocenters. The fraction of sp³-hybridized carbons (Fsp3) is 0.125. The quantitative estimate of drug-likeness (QED) is 0.0294. The van der Waals surface area contributed by atoms with Crippen LogP contribution in [-0.2, 0) is 13.1 Å². The maximum absolute atomic E-state index is 13.7. The topological polar surface area (TPSA) is 272 Å². The molecule has 20 aromatic rings. The summed E-state index contributed by atoms with van der Waals surface area (Å²) in [5, 5.41) is 79.0. The van der Waals surface area contributed by atoms with Crippen LogP contribution < -0.4 is 18.9 Å². The first-order valence-corrected chi connectivity index (χ1v) is 47.9. The molecule has 0 aliphatic heterocycles. The second-order valence-corrected chi connectivity index (χ2v) is 37.2. The Bertz CT molecular complexity index is 7770. The molecule has 20 nitrogen and oxygen atoms in total. The number of aromatic nitrogens is 8. The first-order valence-electron chi connectivity index (χ1n) is 44.7. The van der Waals surface area contributed by atoms with Gasteiger partial charge in [-0.3, -0.25) is 0 Å². The van der Waals surface area contributed by atoms with Crippen molar-refractivity contribution in [2.24, 2.45) is 0 Å². The van der Waals surface area contributed by atoms with Crippen LogP contribution in [-0.4, -0.2) is 70.1 Å². The Morgan fingerprint density at radius 1 is 0.416 bits per heavy atom. The van der Waals surface area contributed by atoms with Gasteiger partial charge in [0, 0.05) is 84.6 Å². The lowest BCUT2D eigenvalue weighted by molar-refractivity contribution is 0.474. The molecule has 1 fully saturated rings. The Labute approximate surface area is 805 Å². The van der Waals surface area contributed by atoms with Gasteiger partial charge in [0.1, 0.15) is 63.3 Å². The third-order valence-corrected chi connectivity index (χ3v) is 27.1. The van der Waals surface area contributed by atoms with Crippen molar-refractivity contribution >= 4 is 134 Å². The highest BCUT2D eigenvalue weighted by Crippen LogP contribution is 2.53. The van der Waals surface area contributed by atoms with Gasteiger partial charge in [0.25, 0.3) is 0 Å². The predicted molar refractivity (Wildman–Crippen MR) is 550 cm³/mol. The lowest BCUT2D eigenvalue weighted by atomic mass is 9.96. The number of aryl methyl sites for hydroxylation is 4. The van der Waals surface area contributed by atoms with Crippen molar-refractivity contribution in [3.63, 3.8) is 0 Å². The van der Waals surface area contributed by atoms with E-state index in [1.807, 2.05) is 208 Å². The van der Waals surface area contributed by atoms with Gasteiger partial charge in [-0.25, -0.2) is 14.4 Å². The Kier molecular flexibility index (Phi) is 27.9. The maximum Gasteiger partial charge on any atom is 0.240 e. The van der Waals surface area contributed by atoms with Gasteiger partial charge in [-0.05, 0) is 300 Å². The highest BCUT2D eigenvalue weighted by Gasteiger charge is 2.30. The summed E-state index contributed by atoms with van der Waals surface area (Å²) in [6.45, 7) is 14.2. The van der Waals surface area contributed by atoms with E-state index in [1.165, 1.54) is 29.0 Å². The summed E-state index contributed by atoms with van der Waals surface area (Å²) in [7, 11) is 0. The highest BCUT2D eigenvalue weighted by molar-refractivity contribution is 7.24. The molecule has 25 heteroatoms. The second kappa shape index (κ2) is 41.7. The molecule has 0 amide bonds. The molecule has 1 saturated carbocycles. The zero-order chi connectivity index (χ0) is 94.6. The SMILES string of the molecule is CCCn1cnc(/C=C/c2ccc(Oc3c(-c4ccc(O)cc4)sc4cc(O)ccc34)cc2)c1.CCCn1cncc1/C=C/c1ccc(Oc2c(-c3ccc(O)cc3)sc3cc(O)ccc23)cc1.Cc1cc(F)ccc1-c1sc2cc(O)ccc2c1Oc1ccc(/C=C/c2nnc(C3CC3)o2)cc1.Cc1nnc(/C=C/c2ccc(Oc3c(-c4ccccc4C(C)C)sc4cc(O)ccc34)cc2)o1. The van der Waals surface area contributed by atoms with Crippen molar-refractivity contribution < 1.29 is 62.8 Å². The predicted octanol–water partition coefficient (Wildman–Crippen LogP) is 31.1. The van der Waals surface area contributed by atoms with Crippen LogP contribution in [0.5, 0.6) is 80.5 Å². The van der Waals surface area contributed by atoms with Gasteiger partial charge >= 0.3 is 0 Å². The molecule has 0 saturated heterocycles. The van der Waals surface area contributed by atoms with Gasteiger partial charge in [-0.1, -0.05) is 119 Å². The summed E-state index contributed by atoms with van der Waals surface area (Å²) < 4.78 is 58.3. The van der Waals surface area contributed by atoms with Gasteiger partial charge < -0.3 is 67.6 Å². The summed E-state index contributed by atoms with van der Waals surface area (Å²) in [6, 6.07) is 79.8. The third kappa shape index (κ3) is 22.3. The molecule has 6 N–H and O–H groups in total. The normalized spacial score (nSPS) is 12.1. The zero-order valence-electron chi connectivity index (χ0n) is 75.4. The summed E-state index contributed by atoms with van der Waals surface area (Å²) >= 11 is 6.23. The molecule has 0 atom stereocenters. The van der Waals surface area contributed by atoms with Gasteiger partial charge in [-0.15, -0.1) is 65.7 Å². The van der Waals surface area contributed by atoms with E-state index in [-0.39, 0.29) is 40.3 Å². The smallest absolute Gasteiger partial charge is 0.240 e. The standard InChI is InChI=1S/C28H21FN2O3S.3C28H24N2O3S/c1-16-14-19(29)7-11-22(16)27-26(23-12-8-20(32)15-24(23)35-27)33-21-9-2-17(3-10-21)4-13-25-30-31-28(34-25)18-5-6-18;1-17(2)22-6-4-5-7-23(22)28-27(24-14-11-20(31)16-25(24)34-28)33-21-12-8-19(9-13-21)10-15-26-30-29-18(3)32-26;1-2-15-30-17-21(29-18-30)8-3-19-4-12-24(13-5-19)33-27-25-14-11-23(32)16-26(25)34-28(27)20-6-9-22(31)10-7-20;1-2-15-30-18-29-17-21(30)8-3-19-4-12-24(13-5-19)33-27-25-14-11-23(32)16-26(25)34-28(27)20-6-9-22(31)10-7-20/h2-4,7-15,18,32H,5-6H2,1H3;4-17,31H,1-3H3;2*3-14,16-18,31-32H,2,15H2,1H3/b13-4+;15-10+;2*8-3+. The largest absolute Gasteiger partial charge is 0.508 e. The molecule has 0 spiro atoms. The van der Waals surface area contributed by atoms with Crippen LogP contribution in [0.2, 0.25) is 0 Å². The van der Waals surface area contributed by atoms with E-state index < -0.39 is 0 Å². The van der Waals surface area contributed by atoms with E-state index in [1.54, 1.807) is 126 Å². The van der Waals surface area contributed by atoms with Gasteiger partial charge in [0.2, 0.25) is 23.6 Å². The van der Waals surface area contributed by atoms with Crippen molar-refractivity contribution in [2.45, 2.75) is 92.2 Å². The number of hydrogen-bond donors (Lipinski definition) is 6. The molecule has 0 bridgehead atoms. The molecule has 8 heterocycles. The average molecular weight is 1890 g/mol. The van der Waals surface area contributed by atoms with E-state index in [2.05, 4.69) is 104 Å².